The molecule has 152 valence electrons. The van der Waals surface area contributed by atoms with E-state index in [1.165, 1.54) is 19.3 Å². The maximum absolute atomic E-state index is 12.7. The van der Waals surface area contributed by atoms with Crippen LogP contribution in [0.1, 0.15) is 58.4 Å². The summed E-state index contributed by atoms with van der Waals surface area (Å²) < 4.78 is 10.6. The van der Waals surface area contributed by atoms with Gasteiger partial charge in [-0.05, 0) is 55.7 Å². The Kier molecular flexibility index (Phi) is 5.62. The molecule has 2 aliphatic rings. The number of carbonyl (C=O) groups is 2. The Morgan fingerprint density at radius 2 is 1.79 bits per heavy atom. The Hall–Kier alpha value is -2.73. The number of nitrogens with one attached hydrogen (secondary N) is 2. The molecule has 29 heavy (non-hydrogen) atoms. The molecule has 7 heteroatoms. The average molecular weight is 415 g/mol. The summed E-state index contributed by atoms with van der Waals surface area (Å²) in [6.07, 6.45) is 5.65. The lowest BCUT2D eigenvalue weighted by molar-refractivity contribution is 0.0927. The van der Waals surface area contributed by atoms with Crippen molar-refractivity contribution >= 4 is 29.1 Å². The molecule has 1 saturated carbocycles. The second kappa shape index (κ2) is 8.33. The van der Waals surface area contributed by atoms with Gasteiger partial charge < -0.3 is 20.1 Å². The van der Waals surface area contributed by atoms with Crippen molar-refractivity contribution < 1.29 is 19.1 Å². The number of aryl methyl sites for hydroxylation is 1. The van der Waals surface area contributed by atoms with Crippen LogP contribution in [0.15, 0.2) is 30.3 Å². The molecule has 6 nitrogen and oxygen atoms in total. The number of carbonyl (C=O) groups excluding carboxylic acids is 2. The van der Waals surface area contributed by atoms with E-state index in [1.807, 2.05) is 6.92 Å². The fourth-order valence-electron chi connectivity index (χ4n) is 3.75. The lowest BCUT2D eigenvalue weighted by atomic mass is 9.95. The van der Waals surface area contributed by atoms with E-state index >= 15 is 0 Å². The van der Waals surface area contributed by atoms with Crippen LogP contribution in [0.3, 0.4) is 0 Å². The van der Waals surface area contributed by atoms with Gasteiger partial charge >= 0.3 is 0 Å². The topological polar surface area (TPSA) is 76.7 Å². The van der Waals surface area contributed by atoms with Crippen LogP contribution in [0.2, 0.25) is 5.02 Å². The zero-order chi connectivity index (χ0) is 20.4. The van der Waals surface area contributed by atoms with Gasteiger partial charge in [0.05, 0.1) is 5.02 Å². The lowest BCUT2D eigenvalue weighted by Gasteiger charge is -2.23. The fraction of sp³-hybridized carbons (Fsp3) is 0.364. The molecule has 0 radical (unpaired) electrons. The molecule has 1 aliphatic heterocycles. The third kappa shape index (κ3) is 4.32. The number of anilines is 1. The van der Waals surface area contributed by atoms with Crippen LogP contribution in [-0.2, 0) is 0 Å². The molecule has 0 atom stereocenters. The third-order valence-corrected chi connectivity index (χ3v) is 5.65. The van der Waals surface area contributed by atoms with Crippen molar-refractivity contribution in [2.45, 2.75) is 45.1 Å². The predicted octanol–water partition coefficient (Wildman–Crippen LogP) is 4.69. The van der Waals surface area contributed by atoms with Gasteiger partial charge in [-0.25, -0.2) is 0 Å². The van der Waals surface area contributed by atoms with Crippen LogP contribution in [0, 0.1) is 6.92 Å². The molecule has 2 aromatic carbocycles. The monoisotopic (exact) mass is 414 g/mol. The summed E-state index contributed by atoms with van der Waals surface area (Å²) in [6.45, 7) is 1.95. The summed E-state index contributed by atoms with van der Waals surface area (Å²) in [5.74, 6) is 0.523. The zero-order valence-corrected chi connectivity index (χ0v) is 17.0. The number of rotatable bonds is 4. The van der Waals surface area contributed by atoms with E-state index in [2.05, 4.69) is 10.6 Å². The van der Waals surface area contributed by atoms with Crippen LogP contribution >= 0.6 is 11.6 Å². The number of fused-ring (bicyclic) bond motifs is 1. The minimum atomic E-state index is -0.312. The SMILES string of the molecule is Cc1cc(C(=O)NC2CCCCC2)ccc1NC(=O)c1cc(Cl)c2c(c1)OCO2. The first-order valence-electron chi connectivity index (χ1n) is 9.83. The maximum Gasteiger partial charge on any atom is 0.255 e. The number of hydrogen-bond donors (Lipinski definition) is 2. The Morgan fingerprint density at radius 3 is 2.55 bits per heavy atom. The number of amides is 2. The summed E-state index contributed by atoms with van der Waals surface area (Å²) in [5, 5.41) is 6.31. The molecule has 0 spiro atoms. The lowest BCUT2D eigenvalue weighted by Crippen LogP contribution is -2.36. The van der Waals surface area contributed by atoms with Crippen molar-refractivity contribution in [3.05, 3.63) is 52.0 Å². The van der Waals surface area contributed by atoms with Crippen molar-refractivity contribution in [1.82, 2.24) is 5.32 Å². The molecule has 2 aromatic rings. The standard InChI is InChI=1S/C22H23ClN2O4/c1-13-9-14(21(26)24-16-5-3-2-4-6-16)7-8-18(13)25-22(27)15-10-17(23)20-19(11-15)28-12-29-20/h7-11,16H,2-6,12H2,1H3,(H,24,26)(H,25,27). The van der Waals surface area contributed by atoms with Gasteiger partial charge in [-0.1, -0.05) is 30.9 Å². The minimum Gasteiger partial charge on any atom is -0.454 e. The van der Waals surface area contributed by atoms with E-state index in [4.69, 9.17) is 21.1 Å². The first-order chi connectivity index (χ1) is 14.0. The van der Waals surface area contributed by atoms with Gasteiger partial charge in [-0.3, -0.25) is 9.59 Å². The molecule has 0 unspecified atom stereocenters. The van der Waals surface area contributed by atoms with Crippen molar-refractivity contribution in [3.63, 3.8) is 0 Å². The predicted molar refractivity (Wildman–Crippen MR) is 111 cm³/mol. The molecule has 0 saturated heterocycles. The smallest absolute Gasteiger partial charge is 0.255 e. The van der Waals surface area contributed by atoms with Crippen LogP contribution in [-0.4, -0.2) is 24.6 Å². The highest BCUT2D eigenvalue weighted by Crippen LogP contribution is 2.40. The highest BCUT2D eigenvalue weighted by molar-refractivity contribution is 6.32. The van der Waals surface area contributed by atoms with E-state index in [0.29, 0.717) is 33.3 Å². The number of benzene rings is 2. The Bertz CT molecular complexity index is 954. The second-order valence-electron chi connectivity index (χ2n) is 7.48. The quantitative estimate of drug-likeness (QED) is 0.760. The molecular weight excluding hydrogens is 392 g/mol. The molecule has 0 aromatic heterocycles. The highest BCUT2D eigenvalue weighted by Gasteiger charge is 2.21. The normalized spacial score (nSPS) is 15.8. The molecule has 1 aliphatic carbocycles. The minimum absolute atomic E-state index is 0.0690. The van der Waals surface area contributed by atoms with Gasteiger partial charge in [0, 0.05) is 22.9 Å². The summed E-state index contributed by atoms with van der Waals surface area (Å²) >= 11 is 6.16. The van der Waals surface area contributed by atoms with Crippen molar-refractivity contribution in [2.75, 3.05) is 12.1 Å². The number of halogens is 1. The summed E-state index contributed by atoms with van der Waals surface area (Å²) in [5.41, 5.74) is 2.41. The van der Waals surface area contributed by atoms with Crippen LogP contribution < -0.4 is 20.1 Å². The first-order valence-corrected chi connectivity index (χ1v) is 10.2. The van der Waals surface area contributed by atoms with Gasteiger partial charge in [0.15, 0.2) is 11.5 Å². The van der Waals surface area contributed by atoms with Crippen molar-refractivity contribution in [3.8, 4) is 11.5 Å². The molecule has 1 fully saturated rings. The second-order valence-corrected chi connectivity index (χ2v) is 7.89. The maximum atomic E-state index is 12.7. The molecule has 0 bridgehead atoms. The number of ether oxygens (including phenoxy) is 2. The van der Waals surface area contributed by atoms with Crippen LogP contribution in [0.5, 0.6) is 11.5 Å². The molecule has 2 N–H and O–H groups in total. The molecule has 4 rings (SSSR count). The van der Waals surface area contributed by atoms with Crippen LogP contribution in [0.4, 0.5) is 5.69 Å². The molecule has 2 amide bonds. The summed E-state index contributed by atoms with van der Waals surface area (Å²) in [4.78, 5) is 25.2. The fourth-order valence-corrected chi connectivity index (χ4v) is 4.02. The number of hydrogen-bond acceptors (Lipinski definition) is 4. The van der Waals surface area contributed by atoms with Crippen molar-refractivity contribution in [1.29, 1.82) is 0 Å². The van der Waals surface area contributed by atoms with E-state index < -0.39 is 0 Å². The summed E-state index contributed by atoms with van der Waals surface area (Å²) in [6, 6.07) is 8.67. The van der Waals surface area contributed by atoms with Gasteiger partial charge in [0.25, 0.3) is 11.8 Å². The Morgan fingerprint density at radius 1 is 1.00 bits per heavy atom. The third-order valence-electron chi connectivity index (χ3n) is 5.37. The van der Waals surface area contributed by atoms with Gasteiger partial charge in [-0.2, -0.15) is 0 Å². The van der Waals surface area contributed by atoms with E-state index in [-0.39, 0.29) is 24.6 Å². The van der Waals surface area contributed by atoms with Gasteiger partial charge in [-0.15, -0.1) is 0 Å². The molecule has 1 heterocycles. The largest absolute Gasteiger partial charge is 0.454 e. The molecular formula is C22H23ClN2O4. The van der Waals surface area contributed by atoms with Crippen LogP contribution in [0.25, 0.3) is 0 Å². The van der Waals surface area contributed by atoms with E-state index in [1.54, 1.807) is 30.3 Å². The Balaban J connectivity index is 1.45. The van der Waals surface area contributed by atoms with Crippen molar-refractivity contribution in [2.24, 2.45) is 0 Å². The zero-order valence-electron chi connectivity index (χ0n) is 16.2. The van der Waals surface area contributed by atoms with E-state index in [0.717, 1.165) is 18.4 Å². The van der Waals surface area contributed by atoms with Gasteiger partial charge in [0.2, 0.25) is 6.79 Å². The first kappa shape index (κ1) is 19.6. The highest BCUT2D eigenvalue weighted by atomic mass is 35.5. The Labute approximate surface area is 174 Å². The van der Waals surface area contributed by atoms with E-state index in [9.17, 15) is 9.59 Å². The summed E-state index contributed by atoms with van der Waals surface area (Å²) in [7, 11) is 0. The van der Waals surface area contributed by atoms with Gasteiger partial charge in [0.1, 0.15) is 0 Å². The average Bonchev–Trinajstić information content (AvgIpc) is 3.19.